The third-order valence-electron chi connectivity index (χ3n) is 2.63. The van der Waals surface area contributed by atoms with E-state index in [-0.39, 0.29) is 17.3 Å². The van der Waals surface area contributed by atoms with Gasteiger partial charge in [0.1, 0.15) is 10.7 Å². The monoisotopic (exact) mass is 301 g/mol. The summed E-state index contributed by atoms with van der Waals surface area (Å²) in [6.07, 6.45) is 0. The van der Waals surface area contributed by atoms with E-state index in [0.717, 1.165) is 5.69 Å². The molecule has 0 spiro atoms. The largest absolute Gasteiger partial charge is 0.320 e. The number of aromatic nitrogens is 1. The summed E-state index contributed by atoms with van der Waals surface area (Å²) in [7, 11) is -3.75. The van der Waals surface area contributed by atoms with Gasteiger partial charge < -0.3 is 5.73 Å². The van der Waals surface area contributed by atoms with Gasteiger partial charge in [0.2, 0.25) is 0 Å². The normalized spacial score (nSPS) is 10.6. The van der Waals surface area contributed by atoms with Crippen molar-refractivity contribution in [2.45, 2.75) is 11.8 Å². The fourth-order valence-corrected chi connectivity index (χ4v) is 2.91. The minimum absolute atomic E-state index is 0.106. The molecule has 0 atom stereocenters. The highest BCUT2D eigenvalue weighted by Gasteiger charge is 2.18. The molecule has 0 bridgehead atoms. The van der Waals surface area contributed by atoms with Gasteiger partial charge in [-0.2, -0.15) is 0 Å². The fourth-order valence-electron chi connectivity index (χ4n) is 1.74. The van der Waals surface area contributed by atoms with Crippen molar-refractivity contribution >= 4 is 15.8 Å². The van der Waals surface area contributed by atoms with Crippen LogP contribution in [0.5, 0.6) is 0 Å². The van der Waals surface area contributed by atoms with Crippen LogP contribution in [-0.2, 0) is 10.0 Å². The van der Waals surface area contributed by atoms with Crippen molar-refractivity contribution in [3.05, 3.63) is 53.7 Å². The summed E-state index contributed by atoms with van der Waals surface area (Å²) in [6.45, 7) is 1.96. The highest BCUT2D eigenvalue weighted by molar-refractivity contribution is 7.92. The first-order valence-corrected chi connectivity index (χ1v) is 7.76. The maximum Gasteiger partial charge on any atom is 0.264 e. The lowest BCUT2D eigenvalue weighted by Crippen LogP contribution is -2.15. The molecule has 0 unspecified atom stereocenters. The molecule has 0 aliphatic heterocycles. The summed E-state index contributed by atoms with van der Waals surface area (Å²) in [5, 5.41) is 0. The van der Waals surface area contributed by atoms with Crippen LogP contribution in [0.1, 0.15) is 11.3 Å². The van der Waals surface area contributed by atoms with Crippen LogP contribution in [0.2, 0.25) is 0 Å². The van der Waals surface area contributed by atoms with Gasteiger partial charge in [-0.25, -0.2) is 13.4 Å². The van der Waals surface area contributed by atoms with Crippen molar-refractivity contribution in [3.8, 4) is 11.8 Å². The number of hydrogen-bond acceptors (Lipinski definition) is 4. The summed E-state index contributed by atoms with van der Waals surface area (Å²) in [5.74, 6) is 5.70. The molecular formula is C15H15N3O2S. The van der Waals surface area contributed by atoms with E-state index in [4.69, 9.17) is 5.73 Å². The number of nitrogens with two attached hydrogens (primary N) is 1. The summed E-state index contributed by atoms with van der Waals surface area (Å²) < 4.78 is 27.3. The number of hydrogen-bond donors (Lipinski definition) is 2. The topological polar surface area (TPSA) is 85.1 Å². The molecule has 21 heavy (non-hydrogen) atoms. The molecule has 0 saturated carbocycles. The molecule has 5 nitrogen and oxygen atoms in total. The lowest BCUT2D eigenvalue weighted by Gasteiger charge is -2.09. The lowest BCUT2D eigenvalue weighted by atomic mass is 10.2. The van der Waals surface area contributed by atoms with Gasteiger partial charge in [0.05, 0.1) is 6.54 Å². The minimum Gasteiger partial charge on any atom is -0.320 e. The predicted octanol–water partition coefficient (Wildman–Crippen LogP) is 1.50. The Kier molecular flexibility index (Phi) is 4.58. The number of aryl methyl sites for hydroxylation is 1. The standard InChI is InChI=1S/C15H15N3O2S/c1-12-6-4-10-15(17-12)18-21(19,20)14-9-3-2-7-13(14)8-5-11-16/h2-4,6-7,9-10H,11,16H2,1H3,(H,17,18). The Bertz CT molecular complexity index is 805. The average Bonchev–Trinajstić information content (AvgIpc) is 2.45. The van der Waals surface area contributed by atoms with Crippen LogP contribution >= 0.6 is 0 Å². The smallest absolute Gasteiger partial charge is 0.264 e. The predicted molar refractivity (Wildman–Crippen MR) is 82.2 cm³/mol. The minimum atomic E-state index is -3.75. The lowest BCUT2D eigenvalue weighted by molar-refractivity contribution is 0.601. The Morgan fingerprint density at radius 3 is 2.67 bits per heavy atom. The van der Waals surface area contributed by atoms with Gasteiger partial charge in [-0.15, -0.1) is 0 Å². The van der Waals surface area contributed by atoms with Gasteiger partial charge in [0.15, 0.2) is 0 Å². The van der Waals surface area contributed by atoms with Crippen LogP contribution in [-0.4, -0.2) is 19.9 Å². The molecule has 6 heteroatoms. The zero-order valence-electron chi connectivity index (χ0n) is 11.5. The molecule has 0 fully saturated rings. The van der Waals surface area contributed by atoms with Crippen LogP contribution in [0.15, 0.2) is 47.4 Å². The van der Waals surface area contributed by atoms with Gasteiger partial charge >= 0.3 is 0 Å². The van der Waals surface area contributed by atoms with Crippen molar-refractivity contribution < 1.29 is 8.42 Å². The summed E-state index contributed by atoms with van der Waals surface area (Å²) >= 11 is 0. The molecule has 0 saturated heterocycles. The second-order valence-electron chi connectivity index (χ2n) is 4.27. The SMILES string of the molecule is Cc1cccc(NS(=O)(=O)c2ccccc2C#CCN)n1. The maximum atomic E-state index is 12.4. The number of benzene rings is 1. The Balaban J connectivity index is 2.40. The summed E-state index contributed by atoms with van der Waals surface area (Å²) in [6, 6.07) is 11.6. The highest BCUT2D eigenvalue weighted by atomic mass is 32.2. The van der Waals surface area contributed by atoms with Gasteiger partial charge in [-0.1, -0.05) is 30.0 Å². The van der Waals surface area contributed by atoms with Crippen LogP contribution in [0.3, 0.4) is 0 Å². The number of pyridine rings is 1. The average molecular weight is 301 g/mol. The van der Waals surface area contributed by atoms with Crippen molar-refractivity contribution in [1.82, 2.24) is 4.98 Å². The molecule has 1 aromatic carbocycles. The highest BCUT2D eigenvalue weighted by Crippen LogP contribution is 2.18. The van der Waals surface area contributed by atoms with Crippen LogP contribution < -0.4 is 10.5 Å². The van der Waals surface area contributed by atoms with Crippen LogP contribution in [0, 0.1) is 18.8 Å². The van der Waals surface area contributed by atoms with Crippen LogP contribution in [0.25, 0.3) is 0 Å². The van der Waals surface area contributed by atoms with Gasteiger partial charge in [-0.3, -0.25) is 4.72 Å². The third-order valence-corrected chi connectivity index (χ3v) is 4.04. The summed E-state index contributed by atoms with van der Waals surface area (Å²) in [5.41, 5.74) is 6.46. The first-order valence-electron chi connectivity index (χ1n) is 6.27. The molecule has 2 rings (SSSR count). The van der Waals surface area contributed by atoms with Gasteiger partial charge in [0.25, 0.3) is 10.0 Å². The van der Waals surface area contributed by atoms with E-state index in [9.17, 15) is 8.42 Å². The van der Waals surface area contributed by atoms with Gasteiger partial charge in [0, 0.05) is 11.3 Å². The molecule has 3 N–H and O–H groups in total. The van der Waals surface area contributed by atoms with Crippen molar-refractivity contribution in [2.75, 3.05) is 11.3 Å². The zero-order valence-corrected chi connectivity index (χ0v) is 12.3. The molecule has 108 valence electrons. The van der Waals surface area contributed by atoms with E-state index >= 15 is 0 Å². The van der Waals surface area contributed by atoms with Gasteiger partial charge in [-0.05, 0) is 31.2 Å². The fraction of sp³-hybridized carbons (Fsp3) is 0.133. The van der Waals surface area contributed by atoms with E-state index in [1.807, 2.05) is 0 Å². The Morgan fingerprint density at radius 1 is 1.19 bits per heavy atom. The molecule has 0 radical (unpaired) electrons. The molecular weight excluding hydrogens is 286 g/mol. The quantitative estimate of drug-likeness (QED) is 0.841. The third kappa shape index (κ3) is 3.81. The molecule has 1 heterocycles. The molecule has 0 aliphatic carbocycles. The first-order chi connectivity index (χ1) is 10.0. The summed E-state index contributed by atoms with van der Waals surface area (Å²) in [4.78, 5) is 4.24. The van der Waals surface area contributed by atoms with E-state index in [2.05, 4.69) is 21.5 Å². The Morgan fingerprint density at radius 2 is 1.95 bits per heavy atom. The molecule has 0 amide bonds. The van der Waals surface area contributed by atoms with Crippen molar-refractivity contribution in [3.63, 3.8) is 0 Å². The second-order valence-corrected chi connectivity index (χ2v) is 5.92. The van der Waals surface area contributed by atoms with Crippen molar-refractivity contribution in [2.24, 2.45) is 5.73 Å². The number of sulfonamides is 1. The number of rotatable bonds is 3. The molecule has 0 aliphatic rings. The maximum absolute atomic E-state index is 12.4. The van der Waals surface area contributed by atoms with Crippen LogP contribution in [0.4, 0.5) is 5.82 Å². The van der Waals surface area contributed by atoms with E-state index in [1.165, 1.54) is 6.07 Å². The molecule has 2 aromatic rings. The van der Waals surface area contributed by atoms with E-state index in [1.54, 1.807) is 43.3 Å². The number of nitrogens with zero attached hydrogens (tertiary/aromatic N) is 1. The van der Waals surface area contributed by atoms with E-state index in [0.29, 0.717) is 5.56 Å². The molecule has 1 aromatic heterocycles. The zero-order chi connectivity index (χ0) is 15.3. The Labute approximate surface area is 124 Å². The Hall–Kier alpha value is -2.36. The second kappa shape index (κ2) is 6.39. The van der Waals surface area contributed by atoms with E-state index < -0.39 is 10.0 Å². The first kappa shape index (κ1) is 15.0. The van der Waals surface area contributed by atoms with Crippen molar-refractivity contribution in [1.29, 1.82) is 0 Å². The number of anilines is 1. The number of nitrogens with one attached hydrogen (secondary N) is 1.